The number of hydrogen-bond acceptors (Lipinski definition) is 6. The second-order valence-corrected chi connectivity index (χ2v) is 8.29. The van der Waals surface area contributed by atoms with E-state index in [1.807, 2.05) is 0 Å². The van der Waals surface area contributed by atoms with Gasteiger partial charge in [0.25, 0.3) is 15.9 Å². The number of benzene rings is 2. The van der Waals surface area contributed by atoms with Gasteiger partial charge in [0.15, 0.2) is 6.61 Å². The Morgan fingerprint density at radius 1 is 1.17 bits per heavy atom. The minimum absolute atomic E-state index is 0.0413. The first kappa shape index (κ1) is 19.1. The Hall–Kier alpha value is -3.27. The average molecular weight is 417 g/mol. The number of nitrogens with one attached hydrogen (secondary N) is 2. The Bertz CT molecular complexity index is 1100. The summed E-state index contributed by atoms with van der Waals surface area (Å²) >= 11 is 0. The maximum absolute atomic E-state index is 13.0. The number of amides is 2. The molecule has 0 unspecified atom stereocenters. The second kappa shape index (κ2) is 7.28. The topological polar surface area (TPSA) is 114 Å². The number of sulfonamides is 1. The van der Waals surface area contributed by atoms with Gasteiger partial charge in [0.05, 0.1) is 18.5 Å². The molecule has 0 saturated carbocycles. The van der Waals surface area contributed by atoms with Crippen molar-refractivity contribution in [1.29, 1.82) is 0 Å². The number of nitrogens with zero attached hydrogens (tertiary/aromatic N) is 1. The molecule has 2 amide bonds. The van der Waals surface area contributed by atoms with E-state index in [0.717, 1.165) is 6.42 Å². The van der Waals surface area contributed by atoms with Crippen LogP contribution in [0.25, 0.3) is 0 Å². The van der Waals surface area contributed by atoms with Crippen LogP contribution in [0.15, 0.2) is 41.3 Å². The highest BCUT2D eigenvalue weighted by atomic mass is 32.2. The average Bonchev–Trinajstić information content (AvgIpc) is 3.13. The number of hydrogen-bond donors (Lipinski definition) is 2. The summed E-state index contributed by atoms with van der Waals surface area (Å²) in [6.07, 6.45) is 1.18. The summed E-state index contributed by atoms with van der Waals surface area (Å²) in [5.41, 5.74) is 1.24. The fourth-order valence-electron chi connectivity index (χ4n) is 3.31. The van der Waals surface area contributed by atoms with E-state index in [2.05, 4.69) is 10.0 Å². The van der Waals surface area contributed by atoms with Crippen molar-refractivity contribution in [3.63, 3.8) is 0 Å². The number of carbonyl (C=O) groups is 2. The molecule has 1 fully saturated rings. The van der Waals surface area contributed by atoms with Crippen molar-refractivity contribution in [1.82, 2.24) is 0 Å². The predicted octanol–water partition coefficient (Wildman–Crippen LogP) is 1.95. The number of rotatable bonds is 5. The number of anilines is 3. The Morgan fingerprint density at radius 3 is 2.72 bits per heavy atom. The summed E-state index contributed by atoms with van der Waals surface area (Å²) < 4.78 is 39.1. The minimum atomic E-state index is -4.02. The van der Waals surface area contributed by atoms with Gasteiger partial charge >= 0.3 is 0 Å². The molecule has 29 heavy (non-hydrogen) atoms. The lowest BCUT2D eigenvalue weighted by Crippen LogP contribution is -2.25. The van der Waals surface area contributed by atoms with Crippen LogP contribution in [-0.4, -0.2) is 40.5 Å². The maximum Gasteiger partial charge on any atom is 0.265 e. The van der Waals surface area contributed by atoms with Crippen molar-refractivity contribution >= 4 is 38.9 Å². The van der Waals surface area contributed by atoms with E-state index in [9.17, 15) is 18.0 Å². The van der Waals surface area contributed by atoms with Crippen LogP contribution in [0.3, 0.4) is 0 Å². The van der Waals surface area contributed by atoms with E-state index >= 15 is 0 Å². The first-order chi connectivity index (χ1) is 13.9. The van der Waals surface area contributed by atoms with E-state index in [1.54, 1.807) is 17.0 Å². The van der Waals surface area contributed by atoms with Crippen LogP contribution >= 0.6 is 0 Å². The van der Waals surface area contributed by atoms with E-state index in [0.29, 0.717) is 30.1 Å². The smallest absolute Gasteiger partial charge is 0.265 e. The van der Waals surface area contributed by atoms with Crippen molar-refractivity contribution < 1.29 is 27.5 Å². The third kappa shape index (κ3) is 3.70. The maximum atomic E-state index is 13.0. The molecule has 152 valence electrons. The molecular formula is C19H19N3O6S. The van der Waals surface area contributed by atoms with E-state index in [4.69, 9.17) is 9.47 Å². The zero-order valence-electron chi connectivity index (χ0n) is 15.6. The zero-order chi connectivity index (χ0) is 20.6. The summed E-state index contributed by atoms with van der Waals surface area (Å²) in [7, 11) is -2.64. The van der Waals surface area contributed by atoms with Gasteiger partial charge in [-0.15, -0.1) is 0 Å². The van der Waals surface area contributed by atoms with Crippen LogP contribution in [0.2, 0.25) is 0 Å². The van der Waals surface area contributed by atoms with Crippen molar-refractivity contribution in [2.24, 2.45) is 0 Å². The molecule has 10 heteroatoms. The molecule has 2 aromatic carbocycles. The molecule has 0 radical (unpaired) electrons. The number of carbonyl (C=O) groups excluding carboxylic acids is 2. The second-order valence-electron chi connectivity index (χ2n) is 6.64. The summed E-state index contributed by atoms with van der Waals surface area (Å²) in [6, 6.07) is 9.19. The summed E-state index contributed by atoms with van der Waals surface area (Å²) in [6.45, 7) is 0.412. The summed E-state index contributed by atoms with van der Waals surface area (Å²) in [4.78, 5) is 24.9. The van der Waals surface area contributed by atoms with E-state index in [1.165, 1.54) is 31.4 Å². The molecule has 0 spiro atoms. The third-order valence-corrected chi connectivity index (χ3v) is 6.09. The Morgan fingerprint density at radius 2 is 2.00 bits per heavy atom. The SMILES string of the molecule is COc1ccc(N2CCCC2=O)cc1S(=O)(=O)Nc1ccc2c(c1)OCC(=O)N2. The summed E-state index contributed by atoms with van der Waals surface area (Å²) in [5, 5.41) is 2.64. The Labute approximate surface area is 167 Å². The fourth-order valence-corrected chi connectivity index (χ4v) is 4.55. The zero-order valence-corrected chi connectivity index (χ0v) is 16.4. The van der Waals surface area contributed by atoms with E-state index in [-0.39, 0.29) is 34.8 Å². The molecular weight excluding hydrogens is 398 g/mol. The fraction of sp³-hybridized carbons (Fsp3) is 0.263. The van der Waals surface area contributed by atoms with Gasteiger partial charge in [0.1, 0.15) is 16.4 Å². The molecule has 2 heterocycles. The van der Waals surface area contributed by atoms with Gasteiger partial charge in [-0.1, -0.05) is 0 Å². The lowest BCUT2D eigenvalue weighted by atomic mass is 10.2. The number of ether oxygens (including phenoxy) is 2. The quantitative estimate of drug-likeness (QED) is 0.769. The van der Waals surface area contributed by atoms with Gasteiger partial charge in [-0.3, -0.25) is 14.3 Å². The monoisotopic (exact) mass is 417 g/mol. The molecule has 2 aliphatic heterocycles. The van der Waals surface area contributed by atoms with Crippen LogP contribution in [0, 0.1) is 0 Å². The molecule has 0 aromatic heterocycles. The Kier molecular flexibility index (Phi) is 4.79. The van der Waals surface area contributed by atoms with Crippen LogP contribution in [0.1, 0.15) is 12.8 Å². The first-order valence-corrected chi connectivity index (χ1v) is 10.4. The lowest BCUT2D eigenvalue weighted by molar-refractivity contribution is -0.119. The van der Waals surface area contributed by atoms with Gasteiger partial charge < -0.3 is 19.7 Å². The molecule has 9 nitrogen and oxygen atoms in total. The number of fused-ring (bicyclic) bond motifs is 1. The first-order valence-electron chi connectivity index (χ1n) is 8.95. The highest BCUT2D eigenvalue weighted by molar-refractivity contribution is 7.92. The van der Waals surface area contributed by atoms with Crippen molar-refractivity contribution in [3.8, 4) is 11.5 Å². The molecule has 1 saturated heterocycles. The molecule has 0 bridgehead atoms. The van der Waals surface area contributed by atoms with Crippen molar-refractivity contribution in [2.45, 2.75) is 17.7 Å². The van der Waals surface area contributed by atoms with Crippen LogP contribution in [-0.2, 0) is 19.6 Å². The van der Waals surface area contributed by atoms with Gasteiger partial charge in [-0.05, 0) is 36.8 Å². The van der Waals surface area contributed by atoms with Crippen LogP contribution in [0.5, 0.6) is 11.5 Å². The highest BCUT2D eigenvalue weighted by Gasteiger charge is 2.26. The third-order valence-electron chi connectivity index (χ3n) is 4.69. The molecule has 0 atom stereocenters. The lowest BCUT2D eigenvalue weighted by Gasteiger charge is -2.20. The summed E-state index contributed by atoms with van der Waals surface area (Å²) in [5.74, 6) is 0.215. The van der Waals surface area contributed by atoms with E-state index < -0.39 is 10.0 Å². The van der Waals surface area contributed by atoms with Gasteiger partial charge in [-0.2, -0.15) is 0 Å². The van der Waals surface area contributed by atoms with Gasteiger partial charge in [0, 0.05) is 24.7 Å². The molecule has 2 aliphatic rings. The number of methoxy groups -OCH3 is 1. The van der Waals surface area contributed by atoms with Crippen LogP contribution < -0.4 is 24.4 Å². The standard InChI is InChI=1S/C19H19N3O6S/c1-27-15-7-5-13(22-8-2-3-19(22)24)10-17(15)29(25,26)21-12-4-6-14-16(9-12)28-11-18(23)20-14/h4-7,9-10,21H,2-3,8,11H2,1H3,(H,20,23). The molecule has 0 aliphatic carbocycles. The molecule has 2 aromatic rings. The van der Waals surface area contributed by atoms with Crippen LogP contribution in [0.4, 0.5) is 17.1 Å². The van der Waals surface area contributed by atoms with Gasteiger partial charge in [-0.25, -0.2) is 8.42 Å². The van der Waals surface area contributed by atoms with Crippen molar-refractivity contribution in [2.75, 3.05) is 35.2 Å². The largest absolute Gasteiger partial charge is 0.495 e. The molecule has 2 N–H and O–H groups in total. The van der Waals surface area contributed by atoms with Gasteiger partial charge in [0.2, 0.25) is 5.91 Å². The minimum Gasteiger partial charge on any atom is -0.495 e. The van der Waals surface area contributed by atoms with Crippen molar-refractivity contribution in [3.05, 3.63) is 36.4 Å². The predicted molar refractivity (Wildman–Crippen MR) is 106 cm³/mol. The molecule has 4 rings (SSSR count). The normalized spacial score (nSPS) is 16.1. The highest BCUT2D eigenvalue weighted by Crippen LogP contribution is 2.34. The Balaban J connectivity index is 1.66.